The predicted molar refractivity (Wildman–Crippen MR) is 88.8 cm³/mol. The zero-order valence-electron chi connectivity index (χ0n) is 13.2. The number of nitrogens with one attached hydrogen (secondary N) is 1. The maximum atomic E-state index is 12.6. The quantitative estimate of drug-likeness (QED) is 0.767. The Morgan fingerprint density at radius 1 is 1.22 bits per heavy atom. The second kappa shape index (κ2) is 7.16. The molecule has 0 spiro atoms. The van der Waals surface area contributed by atoms with Gasteiger partial charge in [0.2, 0.25) is 10.0 Å². The summed E-state index contributed by atoms with van der Waals surface area (Å²) < 4.78 is 54.5. The Bertz CT molecular complexity index is 746. The summed E-state index contributed by atoms with van der Waals surface area (Å²) in [5.41, 5.74) is 0.769. The van der Waals surface area contributed by atoms with E-state index < -0.39 is 31.7 Å². The molecule has 23 heavy (non-hydrogen) atoms. The van der Waals surface area contributed by atoms with E-state index in [-0.39, 0.29) is 5.75 Å². The lowest BCUT2D eigenvalue weighted by Gasteiger charge is -2.36. The number of nitrogens with zero attached hydrogens (tertiary/aromatic N) is 1. The molecule has 1 heterocycles. The Balaban J connectivity index is 2.31. The first-order valence-electron chi connectivity index (χ1n) is 7.25. The average Bonchev–Trinajstić information content (AvgIpc) is 2.52. The van der Waals surface area contributed by atoms with Crippen molar-refractivity contribution < 1.29 is 21.6 Å². The molecule has 0 saturated carbocycles. The van der Waals surface area contributed by atoms with Crippen molar-refractivity contribution in [1.29, 1.82) is 0 Å². The summed E-state index contributed by atoms with van der Waals surface area (Å²) >= 11 is 0. The molecule has 7 nitrogen and oxygen atoms in total. The number of ether oxygens (including phenoxy) is 1. The summed E-state index contributed by atoms with van der Waals surface area (Å²) in [5, 5.41) is 3.18. The molecule has 1 aliphatic rings. The SMILES string of the molecule is COc1ccccc1C1CNCCN1S(=O)(=O)CCS(C)(=O)=O. The van der Waals surface area contributed by atoms with Gasteiger partial charge in [0.25, 0.3) is 0 Å². The summed E-state index contributed by atoms with van der Waals surface area (Å²) in [6.45, 7) is 1.29. The Kier molecular flexibility index (Phi) is 5.66. The van der Waals surface area contributed by atoms with Crippen LogP contribution in [0.3, 0.4) is 0 Å². The van der Waals surface area contributed by atoms with Crippen LogP contribution in [0.25, 0.3) is 0 Å². The van der Waals surface area contributed by atoms with E-state index in [1.807, 2.05) is 18.2 Å². The van der Waals surface area contributed by atoms with Crippen molar-refractivity contribution in [2.45, 2.75) is 6.04 Å². The van der Waals surface area contributed by atoms with Gasteiger partial charge in [0.05, 0.1) is 24.7 Å². The molecule has 1 aliphatic heterocycles. The van der Waals surface area contributed by atoms with Crippen LogP contribution in [-0.2, 0) is 19.9 Å². The molecule has 1 unspecified atom stereocenters. The lowest BCUT2D eigenvalue weighted by molar-refractivity contribution is 0.265. The molecule has 2 rings (SSSR count). The summed E-state index contributed by atoms with van der Waals surface area (Å²) in [5.74, 6) is -0.167. The fourth-order valence-corrected chi connectivity index (χ4v) is 5.83. The van der Waals surface area contributed by atoms with E-state index in [0.717, 1.165) is 11.8 Å². The van der Waals surface area contributed by atoms with Gasteiger partial charge in [-0.05, 0) is 6.07 Å². The van der Waals surface area contributed by atoms with Crippen molar-refractivity contribution in [2.24, 2.45) is 0 Å². The minimum absolute atomic E-state index is 0.300. The number of rotatable bonds is 6. The van der Waals surface area contributed by atoms with E-state index in [2.05, 4.69) is 5.32 Å². The monoisotopic (exact) mass is 362 g/mol. The van der Waals surface area contributed by atoms with Crippen molar-refractivity contribution in [3.63, 3.8) is 0 Å². The molecule has 0 aliphatic carbocycles. The van der Waals surface area contributed by atoms with E-state index in [0.29, 0.717) is 25.4 Å². The highest BCUT2D eigenvalue weighted by atomic mass is 32.2. The van der Waals surface area contributed by atoms with Crippen LogP contribution in [0.4, 0.5) is 0 Å². The minimum atomic E-state index is -3.68. The molecule has 1 saturated heterocycles. The van der Waals surface area contributed by atoms with Gasteiger partial charge in [0.1, 0.15) is 15.6 Å². The second-order valence-electron chi connectivity index (χ2n) is 5.52. The fourth-order valence-electron chi connectivity index (χ4n) is 2.60. The molecule has 1 N–H and O–H groups in total. The second-order valence-corrected chi connectivity index (χ2v) is 9.82. The summed E-state index contributed by atoms with van der Waals surface area (Å²) in [7, 11) is -5.48. The summed E-state index contributed by atoms with van der Waals surface area (Å²) in [6, 6.07) is 6.85. The Hall–Kier alpha value is -1.16. The van der Waals surface area contributed by atoms with Crippen molar-refractivity contribution in [1.82, 2.24) is 9.62 Å². The first-order chi connectivity index (χ1) is 10.7. The molecule has 1 atom stereocenters. The number of sulfonamides is 1. The maximum Gasteiger partial charge on any atom is 0.215 e. The van der Waals surface area contributed by atoms with Gasteiger partial charge in [-0.15, -0.1) is 0 Å². The summed E-state index contributed by atoms with van der Waals surface area (Å²) in [4.78, 5) is 0. The van der Waals surface area contributed by atoms with Gasteiger partial charge in [-0.3, -0.25) is 0 Å². The fraction of sp³-hybridized carbons (Fsp3) is 0.571. The van der Waals surface area contributed by atoms with Gasteiger partial charge in [-0.2, -0.15) is 4.31 Å². The molecule has 130 valence electrons. The lowest BCUT2D eigenvalue weighted by Crippen LogP contribution is -2.49. The van der Waals surface area contributed by atoms with E-state index in [9.17, 15) is 16.8 Å². The van der Waals surface area contributed by atoms with Crippen molar-refractivity contribution >= 4 is 19.9 Å². The first kappa shape index (κ1) is 18.2. The van der Waals surface area contributed by atoms with E-state index in [1.54, 1.807) is 6.07 Å². The van der Waals surface area contributed by atoms with E-state index >= 15 is 0 Å². The zero-order chi connectivity index (χ0) is 17.1. The van der Waals surface area contributed by atoms with Crippen LogP contribution < -0.4 is 10.1 Å². The van der Waals surface area contributed by atoms with Crippen LogP contribution in [-0.4, -0.2) is 65.6 Å². The molecular formula is C14H22N2O5S2. The molecule has 1 aromatic carbocycles. The maximum absolute atomic E-state index is 12.6. The van der Waals surface area contributed by atoms with Crippen molar-refractivity contribution in [2.75, 3.05) is 44.5 Å². The van der Waals surface area contributed by atoms with Gasteiger partial charge in [0, 0.05) is 31.5 Å². The van der Waals surface area contributed by atoms with Crippen LogP contribution in [0.5, 0.6) is 5.75 Å². The molecule has 0 amide bonds. The number of hydrogen-bond acceptors (Lipinski definition) is 6. The van der Waals surface area contributed by atoms with Crippen LogP contribution in [0, 0.1) is 0 Å². The van der Waals surface area contributed by atoms with Crippen LogP contribution >= 0.6 is 0 Å². The Morgan fingerprint density at radius 3 is 2.57 bits per heavy atom. The van der Waals surface area contributed by atoms with E-state index in [1.165, 1.54) is 11.4 Å². The lowest BCUT2D eigenvalue weighted by atomic mass is 10.0. The third-order valence-electron chi connectivity index (χ3n) is 3.76. The third kappa shape index (κ3) is 4.66. The number of para-hydroxylation sites is 1. The number of benzene rings is 1. The van der Waals surface area contributed by atoms with Gasteiger partial charge in [-0.25, -0.2) is 16.8 Å². The van der Waals surface area contributed by atoms with Gasteiger partial charge in [0.15, 0.2) is 0 Å². The zero-order valence-corrected chi connectivity index (χ0v) is 14.9. The highest BCUT2D eigenvalue weighted by Gasteiger charge is 2.34. The topological polar surface area (TPSA) is 92.8 Å². The normalized spacial score (nSPS) is 20.3. The molecule has 0 aromatic heterocycles. The number of sulfone groups is 1. The smallest absolute Gasteiger partial charge is 0.215 e. The number of methoxy groups -OCH3 is 1. The third-order valence-corrected chi connectivity index (χ3v) is 6.84. The molecule has 0 bridgehead atoms. The summed E-state index contributed by atoms with van der Waals surface area (Å²) in [6.07, 6.45) is 1.04. The van der Waals surface area contributed by atoms with Gasteiger partial charge >= 0.3 is 0 Å². The van der Waals surface area contributed by atoms with Crippen LogP contribution in [0.2, 0.25) is 0 Å². The predicted octanol–water partition coefficient (Wildman–Crippen LogP) is 0.0159. The highest BCUT2D eigenvalue weighted by Crippen LogP contribution is 2.31. The van der Waals surface area contributed by atoms with Crippen molar-refractivity contribution in [3.05, 3.63) is 29.8 Å². The molecular weight excluding hydrogens is 340 g/mol. The Morgan fingerprint density at radius 2 is 1.91 bits per heavy atom. The molecule has 9 heteroatoms. The molecule has 1 aromatic rings. The van der Waals surface area contributed by atoms with Crippen LogP contribution in [0.15, 0.2) is 24.3 Å². The van der Waals surface area contributed by atoms with Crippen LogP contribution in [0.1, 0.15) is 11.6 Å². The molecule has 1 fully saturated rings. The molecule has 0 radical (unpaired) electrons. The number of piperazine rings is 1. The Labute approximate surface area is 137 Å². The number of hydrogen-bond donors (Lipinski definition) is 1. The highest BCUT2D eigenvalue weighted by molar-refractivity contribution is 7.93. The van der Waals surface area contributed by atoms with Gasteiger partial charge in [-0.1, -0.05) is 18.2 Å². The average molecular weight is 362 g/mol. The van der Waals surface area contributed by atoms with Gasteiger partial charge < -0.3 is 10.1 Å². The van der Waals surface area contributed by atoms with E-state index in [4.69, 9.17) is 4.74 Å². The standard InChI is InChI=1S/C14H22N2O5S2/c1-21-14-6-4-3-5-12(14)13-11-15-7-8-16(13)23(19,20)10-9-22(2,17)18/h3-6,13,15H,7-11H2,1-2H3. The minimum Gasteiger partial charge on any atom is -0.496 e. The van der Waals surface area contributed by atoms with Crippen molar-refractivity contribution in [3.8, 4) is 5.75 Å². The largest absolute Gasteiger partial charge is 0.496 e. The first-order valence-corrected chi connectivity index (χ1v) is 10.9.